The Morgan fingerprint density at radius 3 is 2.43 bits per heavy atom. The summed E-state index contributed by atoms with van der Waals surface area (Å²) in [6.45, 7) is 11.5. The minimum atomic E-state index is -3.64. The van der Waals surface area contributed by atoms with Gasteiger partial charge < -0.3 is 5.11 Å². The molecule has 0 spiro atoms. The van der Waals surface area contributed by atoms with Crippen molar-refractivity contribution in [1.82, 2.24) is 4.31 Å². The molecule has 4 nitrogen and oxygen atoms in total. The van der Waals surface area contributed by atoms with Gasteiger partial charge >= 0.3 is 0 Å². The van der Waals surface area contributed by atoms with E-state index in [0.717, 1.165) is 5.56 Å². The van der Waals surface area contributed by atoms with Crippen LogP contribution in [0, 0.1) is 6.92 Å². The summed E-state index contributed by atoms with van der Waals surface area (Å²) in [6.07, 6.45) is 1.52. The molecule has 1 N–H and O–H groups in total. The lowest BCUT2D eigenvalue weighted by molar-refractivity contribution is 0.260. The van der Waals surface area contributed by atoms with Gasteiger partial charge in [0.2, 0.25) is 10.0 Å². The third-order valence-electron chi connectivity index (χ3n) is 3.35. The van der Waals surface area contributed by atoms with Gasteiger partial charge in [0.25, 0.3) is 0 Å². The molecule has 1 aromatic rings. The molecular weight excluding hydrogens is 286 g/mol. The third-order valence-corrected chi connectivity index (χ3v) is 5.36. The fourth-order valence-corrected chi connectivity index (χ4v) is 3.70. The monoisotopic (exact) mass is 311 g/mol. The first-order valence-corrected chi connectivity index (χ1v) is 8.41. The number of aliphatic hydroxyl groups excluding tert-OH is 1. The van der Waals surface area contributed by atoms with Crippen LogP contribution in [0.3, 0.4) is 0 Å². The molecule has 0 aliphatic heterocycles. The molecule has 0 bridgehead atoms. The van der Waals surface area contributed by atoms with Crippen molar-refractivity contribution in [2.75, 3.05) is 19.7 Å². The molecule has 0 atom stereocenters. The van der Waals surface area contributed by atoms with Gasteiger partial charge in [-0.1, -0.05) is 39.0 Å². The lowest BCUT2D eigenvalue weighted by Gasteiger charge is -2.24. The maximum atomic E-state index is 12.8. The van der Waals surface area contributed by atoms with Crippen molar-refractivity contribution in [1.29, 1.82) is 0 Å². The van der Waals surface area contributed by atoms with Crippen molar-refractivity contribution in [2.45, 2.75) is 38.0 Å². The molecule has 0 aliphatic carbocycles. The second-order valence-corrected chi connectivity index (χ2v) is 8.01. The summed E-state index contributed by atoms with van der Waals surface area (Å²) < 4.78 is 26.8. The van der Waals surface area contributed by atoms with E-state index in [2.05, 4.69) is 6.58 Å². The predicted molar refractivity (Wildman–Crippen MR) is 85.9 cm³/mol. The summed E-state index contributed by atoms with van der Waals surface area (Å²) >= 11 is 0. The van der Waals surface area contributed by atoms with E-state index in [1.807, 2.05) is 32.9 Å². The Bertz CT molecular complexity index is 600. The summed E-state index contributed by atoms with van der Waals surface area (Å²) in [5.74, 6) is 0. The van der Waals surface area contributed by atoms with Crippen molar-refractivity contribution in [3.8, 4) is 0 Å². The highest BCUT2D eigenvalue weighted by Crippen LogP contribution is 2.28. The zero-order valence-corrected chi connectivity index (χ0v) is 14.1. The van der Waals surface area contributed by atoms with Gasteiger partial charge in [-0.2, -0.15) is 4.31 Å². The zero-order valence-electron chi connectivity index (χ0n) is 13.3. The van der Waals surface area contributed by atoms with E-state index < -0.39 is 10.0 Å². The Balaban J connectivity index is 3.38. The summed E-state index contributed by atoms with van der Waals surface area (Å²) in [5, 5.41) is 9.09. The highest BCUT2D eigenvalue weighted by atomic mass is 32.2. The summed E-state index contributed by atoms with van der Waals surface area (Å²) in [4.78, 5) is 0.297. The largest absolute Gasteiger partial charge is 0.395 e. The van der Waals surface area contributed by atoms with Crippen LogP contribution < -0.4 is 0 Å². The van der Waals surface area contributed by atoms with Gasteiger partial charge in [-0.05, 0) is 29.5 Å². The van der Waals surface area contributed by atoms with Crippen molar-refractivity contribution in [2.24, 2.45) is 0 Å². The second kappa shape index (κ2) is 6.73. The molecular formula is C16H25NO3S. The molecule has 118 valence electrons. The molecule has 0 amide bonds. The molecule has 1 aromatic carbocycles. The highest BCUT2D eigenvalue weighted by molar-refractivity contribution is 7.89. The number of aryl methyl sites for hydroxylation is 1. The number of nitrogens with zero attached hydrogens (tertiary/aromatic N) is 1. The van der Waals surface area contributed by atoms with Gasteiger partial charge in [-0.3, -0.25) is 0 Å². The normalized spacial score (nSPS) is 12.7. The molecule has 0 fully saturated rings. The molecule has 0 radical (unpaired) electrons. The van der Waals surface area contributed by atoms with E-state index in [1.165, 1.54) is 10.4 Å². The number of hydrogen-bond donors (Lipinski definition) is 1. The van der Waals surface area contributed by atoms with Gasteiger partial charge in [0.15, 0.2) is 0 Å². The van der Waals surface area contributed by atoms with E-state index in [0.29, 0.717) is 10.5 Å². The van der Waals surface area contributed by atoms with Crippen LogP contribution >= 0.6 is 0 Å². The molecule has 1 rings (SSSR count). The van der Waals surface area contributed by atoms with Crippen LogP contribution in [-0.2, 0) is 15.4 Å². The number of benzene rings is 1. The van der Waals surface area contributed by atoms with E-state index in [9.17, 15) is 8.42 Å². The molecule has 21 heavy (non-hydrogen) atoms. The Hall–Kier alpha value is -1.17. The van der Waals surface area contributed by atoms with Crippen LogP contribution in [0.1, 0.15) is 31.9 Å². The molecule has 0 aromatic heterocycles. The maximum Gasteiger partial charge on any atom is 0.243 e. The van der Waals surface area contributed by atoms with Crippen LogP contribution in [0.4, 0.5) is 0 Å². The van der Waals surface area contributed by atoms with E-state index in [1.54, 1.807) is 13.0 Å². The molecule has 0 unspecified atom stereocenters. The first-order valence-electron chi connectivity index (χ1n) is 6.97. The number of aliphatic hydroxyl groups is 1. The maximum absolute atomic E-state index is 12.8. The number of sulfonamides is 1. The van der Waals surface area contributed by atoms with Gasteiger partial charge in [-0.15, -0.1) is 6.58 Å². The SMILES string of the molecule is C=CCN(CCO)S(=O)(=O)c1cc(C(C)(C)C)ccc1C. The first kappa shape index (κ1) is 17.9. The highest BCUT2D eigenvalue weighted by Gasteiger charge is 2.26. The standard InChI is InChI=1S/C16H25NO3S/c1-6-9-17(10-11-18)21(19,20)15-12-14(16(3,4)5)8-7-13(15)2/h6-8,12,18H,1,9-11H2,2-5H3. The minimum absolute atomic E-state index is 0.0630. The smallest absolute Gasteiger partial charge is 0.243 e. The van der Waals surface area contributed by atoms with E-state index in [-0.39, 0.29) is 25.1 Å². The second-order valence-electron chi connectivity index (χ2n) is 6.11. The van der Waals surface area contributed by atoms with Gasteiger partial charge in [0.1, 0.15) is 0 Å². The van der Waals surface area contributed by atoms with Gasteiger partial charge in [0, 0.05) is 13.1 Å². The van der Waals surface area contributed by atoms with E-state index >= 15 is 0 Å². The average molecular weight is 311 g/mol. The zero-order chi connectivity index (χ0) is 16.3. The van der Waals surface area contributed by atoms with Crippen LogP contribution in [0.15, 0.2) is 35.7 Å². The topological polar surface area (TPSA) is 57.6 Å². The van der Waals surface area contributed by atoms with Crippen LogP contribution in [0.25, 0.3) is 0 Å². The Morgan fingerprint density at radius 2 is 1.95 bits per heavy atom. The van der Waals surface area contributed by atoms with Crippen molar-refractivity contribution >= 4 is 10.0 Å². The summed E-state index contributed by atoms with van der Waals surface area (Å²) in [5.41, 5.74) is 1.54. The first-order chi connectivity index (χ1) is 9.64. The molecule has 5 heteroatoms. The van der Waals surface area contributed by atoms with E-state index in [4.69, 9.17) is 5.11 Å². The minimum Gasteiger partial charge on any atom is -0.395 e. The molecule has 0 aliphatic rings. The number of rotatable bonds is 6. The summed E-state index contributed by atoms with van der Waals surface area (Å²) in [6, 6.07) is 5.52. The fraction of sp³-hybridized carbons (Fsp3) is 0.500. The predicted octanol–water partition coefficient (Wildman–Crippen LogP) is 2.46. The lowest BCUT2D eigenvalue weighted by atomic mass is 9.87. The lowest BCUT2D eigenvalue weighted by Crippen LogP contribution is -2.34. The van der Waals surface area contributed by atoms with Gasteiger partial charge in [0.05, 0.1) is 11.5 Å². The Kier molecular flexibility index (Phi) is 5.73. The molecule has 0 saturated carbocycles. The Morgan fingerprint density at radius 1 is 1.33 bits per heavy atom. The van der Waals surface area contributed by atoms with Crippen molar-refractivity contribution in [3.63, 3.8) is 0 Å². The molecule has 0 saturated heterocycles. The van der Waals surface area contributed by atoms with Crippen LogP contribution in [0.2, 0.25) is 0 Å². The quantitative estimate of drug-likeness (QED) is 0.821. The fourth-order valence-electron chi connectivity index (χ4n) is 2.05. The molecule has 0 heterocycles. The summed E-state index contributed by atoms with van der Waals surface area (Å²) in [7, 11) is -3.64. The Labute approximate surface area is 128 Å². The number of hydrogen-bond acceptors (Lipinski definition) is 3. The van der Waals surface area contributed by atoms with Crippen LogP contribution in [-0.4, -0.2) is 37.5 Å². The van der Waals surface area contributed by atoms with Crippen molar-refractivity contribution in [3.05, 3.63) is 42.0 Å². The van der Waals surface area contributed by atoms with Crippen LogP contribution in [0.5, 0.6) is 0 Å². The van der Waals surface area contributed by atoms with Crippen molar-refractivity contribution < 1.29 is 13.5 Å². The van der Waals surface area contributed by atoms with Gasteiger partial charge in [-0.25, -0.2) is 8.42 Å². The third kappa shape index (κ3) is 4.15. The average Bonchev–Trinajstić information content (AvgIpc) is 2.37.